The molecule has 0 aromatic heterocycles. The Labute approximate surface area is 249 Å². The number of rotatable bonds is 2. The number of alkyl halides is 12. The standard InChI is InChI=1S/C30H8F12N4/c31-27(32,33)17-1-13(2-18(5-17)28(34,35)36)21-7-23-24(25(21)15(9-43)10-44)8-22(26(23)16(11-45)12-46)14-3-19(29(37,38)39)6-20(4-14)30(40,41)42/h1-8H. The highest BCUT2D eigenvalue weighted by Gasteiger charge is 2.41. The van der Waals surface area contributed by atoms with Crippen LogP contribution in [0.15, 0.2) is 82.0 Å². The normalized spacial score (nSPS) is 15.0. The summed E-state index contributed by atoms with van der Waals surface area (Å²) in [6, 6.07) is 6.29. The van der Waals surface area contributed by atoms with E-state index in [2.05, 4.69) is 0 Å². The van der Waals surface area contributed by atoms with Gasteiger partial charge in [-0.25, -0.2) is 0 Å². The minimum absolute atomic E-state index is 0.197. The van der Waals surface area contributed by atoms with Gasteiger partial charge in [-0.2, -0.15) is 73.7 Å². The molecule has 2 aliphatic carbocycles. The molecule has 0 N–H and O–H groups in total. The van der Waals surface area contributed by atoms with Gasteiger partial charge in [0.15, 0.2) is 0 Å². The van der Waals surface area contributed by atoms with Crippen molar-refractivity contribution in [3.05, 3.63) is 115 Å². The van der Waals surface area contributed by atoms with Crippen molar-refractivity contribution in [1.82, 2.24) is 0 Å². The lowest BCUT2D eigenvalue weighted by molar-refractivity contribution is -0.144. The van der Waals surface area contributed by atoms with Crippen molar-refractivity contribution in [2.75, 3.05) is 0 Å². The van der Waals surface area contributed by atoms with E-state index in [0.29, 0.717) is 0 Å². The van der Waals surface area contributed by atoms with Crippen molar-refractivity contribution in [3.63, 3.8) is 0 Å². The molecule has 0 bridgehead atoms. The summed E-state index contributed by atoms with van der Waals surface area (Å²) in [5, 5.41) is 38.5. The smallest absolute Gasteiger partial charge is 0.192 e. The minimum atomic E-state index is -5.32. The zero-order valence-corrected chi connectivity index (χ0v) is 21.9. The maximum atomic E-state index is 13.6. The van der Waals surface area contributed by atoms with Gasteiger partial charge in [-0.3, -0.25) is 0 Å². The molecule has 46 heavy (non-hydrogen) atoms. The third-order valence-electron chi connectivity index (χ3n) is 6.69. The molecule has 0 saturated heterocycles. The summed E-state index contributed by atoms with van der Waals surface area (Å²) in [5.74, 6) is 0. The first-order chi connectivity index (χ1) is 21.1. The van der Waals surface area contributed by atoms with E-state index in [-0.39, 0.29) is 36.4 Å². The van der Waals surface area contributed by atoms with Crippen molar-refractivity contribution in [3.8, 4) is 24.3 Å². The summed E-state index contributed by atoms with van der Waals surface area (Å²) in [7, 11) is 0. The van der Waals surface area contributed by atoms with Gasteiger partial charge in [0.05, 0.1) is 22.3 Å². The van der Waals surface area contributed by atoms with Crippen LogP contribution < -0.4 is 0 Å². The van der Waals surface area contributed by atoms with Crippen molar-refractivity contribution in [2.24, 2.45) is 0 Å². The molecule has 16 heteroatoms. The van der Waals surface area contributed by atoms with Gasteiger partial charge in [-0.1, -0.05) is 0 Å². The highest BCUT2D eigenvalue weighted by Crippen LogP contribution is 2.53. The van der Waals surface area contributed by atoms with E-state index in [4.69, 9.17) is 0 Å². The molecule has 0 saturated carbocycles. The van der Waals surface area contributed by atoms with E-state index in [9.17, 15) is 73.7 Å². The average molecular weight is 652 g/mol. The zero-order valence-electron chi connectivity index (χ0n) is 21.9. The number of nitrogens with zero attached hydrogens (tertiary/aromatic N) is 4. The van der Waals surface area contributed by atoms with Crippen LogP contribution in [0.2, 0.25) is 0 Å². The van der Waals surface area contributed by atoms with Crippen LogP contribution in [0.1, 0.15) is 33.4 Å². The number of halogens is 12. The fourth-order valence-electron chi connectivity index (χ4n) is 4.78. The topological polar surface area (TPSA) is 95.2 Å². The molecule has 2 aromatic carbocycles. The van der Waals surface area contributed by atoms with E-state index in [1.54, 1.807) is 0 Å². The fourth-order valence-corrected chi connectivity index (χ4v) is 4.78. The molecule has 4 nitrogen and oxygen atoms in total. The lowest BCUT2D eigenvalue weighted by atomic mass is 9.88. The van der Waals surface area contributed by atoms with Crippen LogP contribution in [0.4, 0.5) is 52.7 Å². The molecule has 0 spiro atoms. The van der Waals surface area contributed by atoms with Crippen LogP contribution in [-0.4, -0.2) is 0 Å². The second-order valence-electron chi connectivity index (χ2n) is 9.48. The third kappa shape index (κ3) is 5.98. The van der Waals surface area contributed by atoms with E-state index in [0.717, 1.165) is 12.2 Å². The van der Waals surface area contributed by atoms with Crippen LogP contribution in [0.3, 0.4) is 0 Å². The number of benzene rings is 2. The Kier molecular flexibility index (Phi) is 7.93. The summed E-state index contributed by atoms with van der Waals surface area (Å²) in [6.45, 7) is 0. The van der Waals surface area contributed by atoms with Gasteiger partial charge in [0, 0.05) is 11.1 Å². The maximum absolute atomic E-state index is 13.6. The molecule has 4 rings (SSSR count). The number of nitriles is 4. The number of hydrogen-bond acceptors (Lipinski definition) is 4. The molecule has 0 radical (unpaired) electrons. The lowest BCUT2D eigenvalue weighted by Crippen LogP contribution is -2.12. The van der Waals surface area contributed by atoms with Gasteiger partial charge in [-0.15, -0.1) is 0 Å². The van der Waals surface area contributed by atoms with E-state index >= 15 is 0 Å². The molecule has 2 aliphatic rings. The van der Waals surface area contributed by atoms with Crippen molar-refractivity contribution in [2.45, 2.75) is 24.7 Å². The molecule has 0 aliphatic heterocycles. The Morgan fingerprint density at radius 3 is 0.848 bits per heavy atom. The lowest BCUT2D eigenvalue weighted by Gasteiger charge is -2.17. The second kappa shape index (κ2) is 11.0. The molecular weight excluding hydrogens is 644 g/mol. The first-order valence-electron chi connectivity index (χ1n) is 12.0. The highest BCUT2D eigenvalue weighted by molar-refractivity contribution is 6.05. The minimum Gasteiger partial charge on any atom is -0.192 e. The van der Waals surface area contributed by atoms with Crippen LogP contribution >= 0.6 is 0 Å². The van der Waals surface area contributed by atoms with Crippen molar-refractivity contribution in [1.29, 1.82) is 21.0 Å². The summed E-state index contributed by atoms with van der Waals surface area (Å²) in [4.78, 5) is 0. The van der Waals surface area contributed by atoms with Gasteiger partial charge in [0.2, 0.25) is 0 Å². The quantitative estimate of drug-likeness (QED) is 0.239. The van der Waals surface area contributed by atoms with Gasteiger partial charge in [-0.05, 0) is 82.0 Å². The Morgan fingerprint density at radius 2 is 0.652 bits per heavy atom. The Hall–Kier alpha value is -5.74. The second-order valence-corrected chi connectivity index (χ2v) is 9.48. The number of allylic oxidation sites excluding steroid dienone is 10. The molecule has 0 heterocycles. The Morgan fingerprint density at radius 1 is 0.413 bits per heavy atom. The van der Waals surface area contributed by atoms with Gasteiger partial charge in [0.1, 0.15) is 35.4 Å². The first-order valence-corrected chi connectivity index (χ1v) is 12.0. The monoisotopic (exact) mass is 652 g/mol. The zero-order chi connectivity index (χ0) is 34.6. The van der Waals surface area contributed by atoms with E-state index in [1.165, 1.54) is 24.3 Å². The number of hydrogen-bond donors (Lipinski definition) is 0. The van der Waals surface area contributed by atoms with E-state index in [1.807, 2.05) is 0 Å². The largest absolute Gasteiger partial charge is 0.416 e. The van der Waals surface area contributed by atoms with Gasteiger partial charge >= 0.3 is 24.7 Å². The van der Waals surface area contributed by atoms with Gasteiger partial charge in [0.25, 0.3) is 0 Å². The summed E-state index contributed by atoms with van der Waals surface area (Å²) >= 11 is 0. The molecule has 0 atom stereocenters. The van der Waals surface area contributed by atoms with Crippen LogP contribution in [0, 0.1) is 45.3 Å². The molecule has 232 valence electrons. The Balaban J connectivity index is 2.10. The maximum Gasteiger partial charge on any atom is 0.416 e. The van der Waals surface area contributed by atoms with Crippen LogP contribution in [-0.2, 0) is 24.7 Å². The molecule has 0 fully saturated rings. The molecular formula is C30H8F12N4. The molecule has 2 aromatic rings. The highest BCUT2D eigenvalue weighted by atomic mass is 19.4. The fraction of sp³-hybridized carbons (Fsp3) is 0.133. The van der Waals surface area contributed by atoms with Gasteiger partial charge < -0.3 is 0 Å². The molecule has 0 amide bonds. The summed E-state index contributed by atoms with van der Waals surface area (Å²) < 4.78 is 163. The predicted molar refractivity (Wildman–Crippen MR) is 132 cm³/mol. The molecule has 0 unspecified atom stereocenters. The Bertz CT molecular complexity index is 1770. The first kappa shape index (κ1) is 33.2. The van der Waals surface area contributed by atoms with E-state index < -0.39 is 103 Å². The summed E-state index contributed by atoms with van der Waals surface area (Å²) in [5.41, 5.74) is -14.0. The van der Waals surface area contributed by atoms with Crippen molar-refractivity contribution >= 4 is 11.1 Å². The SMILES string of the molecule is N#CC(C#N)=C1C(c2cc(C(F)(F)F)cc(C(F)(F)F)c2)=CC2=C1C=C(c1cc(C(F)(F)F)cc(C(F)(F)F)c1)C2=C(C#N)C#N. The van der Waals surface area contributed by atoms with Crippen LogP contribution in [0.5, 0.6) is 0 Å². The third-order valence-corrected chi connectivity index (χ3v) is 6.69. The van der Waals surface area contributed by atoms with Crippen molar-refractivity contribution < 1.29 is 52.7 Å². The predicted octanol–water partition coefficient (Wildman–Crippen LogP) is 9.24. The van der Waals surface area contributed by atoms with Crippen LogP contribution in [0.25, 0.3) is 11.1 Å². The average Bonchev–Trinajstić information content (AvgIpc) is 3.49. The summed E-state index contributed by atoms with van der Waals surface area (Å²) in [6.07, 6.45) is -19.7.